The van der Waals surface area contributed by atoms with Crippen molar-refractivity contribution < 1.29 is 13.7 Å². The second-order valence-corrected chi connectivity index (χ2v) is 10.7. The number of ether oxygens (including phenoxy) is 1. The van der Waals surface area contributed by atoms with Gasteiger partial charge in [-0.15, -0.1) is 0 Å². The molecule has 186 valence electrons. The molecule has 2 heterocycles. The van der Waals surface area contributed by atoms with Gasteiger partial charge >= 0.3 is 0 Å². The van der Waals surface area contributed by atoms with Gasteiger partial charge in [0.25, 0.3) is 5.91 Å². The monoisotopic (exact) mass is 515 g/mol. The maximum absolute atomic E-state index is 13.4. The molecule has 2 aromatic carbocycles. The molecule has 1 aromatic heterocycles. The summed E-state index contributed by atoms with van der Waals surface area (Å²) in [5, 5.41) is 4.00. The van der Waals surface area contributed by atoms with E-state index in [9.17, 15) is 13.8 Å². The number of benzene rings is 2. The number of aromatic nitrogens is 1. The molecule has 1 atom stereocenters. The first-order valence-corrected chi connectivity index (χ1v) is 13.8. The van der Waals surface area contributed by atoms with E-state index in [-0.39, 0.29) is 11.0 Å². The van der Waals surface area contributed by atoms with Crippen molar-refractivity contribution in [2.24, 2.45) is 0 Å². The molecule has 4 rings (SSSR count). The van der Waals surface area contributed by atoms with Crippen molar-refractivity contribution in [3.63, 3.8) is 0 Å². The molecule has 1 saturated heterocycles. The predicted molar refractivity (Wildman–Crippen MR) is 140 cm³/mol. The normalized spacial score (nSPS) is 15.3. The van der Waals surface area contributed by atoms with Gasteiger partial charge in [-0.05, 0) is 41.8 Å². The summed E-state index contributed by atoms with van der Waals surface area (Å²) in [6.45, 7) is 4.69. The highest BCUT2D eigenvalue weighted by molar-refractivity contribution is 7.84. The third-order valence-electron chi connectivity index (χ3n) is 6.10. The van der Waals surface area contributed by atoms with Gasteiger partial charge in [-0.3, -0.25) is 18.7 Å². The molecule has 1 N–H and O–H groups in total. The summed E-state index contributed by atoms with van der Waals surface area (Å²) >= 11 is 5.94. The van der Waals surface area contributed by atoms with Crippen molar-refractivity contribution in [2.75, 3.05) is 38.3 Å². The van der Waals surface area contributed by atoms with Crippen LogP contribution < -0.4 is 10.7 Å². The van der Waals surface area contributed by atoms with Gasteiger partial charge in [-0.25, -0.2) is 0 Å². The van der Waals surface area contributed by atoms with Crippen LogP contribution in [0.15, 0.2) is 53.5 Å². The standard InChI is InChI=1S/C26H30ClN3O4S/c1-35(33)14-2-9-30-18-23(26(32)28-16-19-3-6-21(27)7-4-19)25(31)22-15-20(5-8-24(22)30)17-29-10-12-34-13-11-29/h3-8,15,18H,2,9-14,16-17H2,1H3,(H,28,32). The molecule has 1 aliphatic rings. The van der Waals surface area contributed by atoms with E-state index in [0.717, 1.165) is 36.3 Å². The first kappa shape index (κ1) is 25.6. The van der Waals surface area contributed by atoms with E-state index in [1.807, 2.05) is 34.9 Å². The fourth-order valence-electron chi connectivity index (χ4n) is 4.23. The Hall–Kier alpha value is -2.52. The number of hydrogen-bond acceptors (Lipinski definition) is 5. The van der Waals surface area contributed by atoms with Crippen molar-refractivity contribution in [3.05, 3.63) is 80.6 Å². The molecule has 0 radical (unpaired) electrons. The number of hydrogen-bond donors (Lipinski definition) is 1. The van der Waals surface area contributed by atoms with E-state index in [1.165, 1.54) is 0 Å². The van der Waals surface area contributed by atoms with Crippen LogP contribution in [0.25, 0.3) is 10.9 Å². The van der Waals surface area contributed by atoms with E-state index in [4.69, 9.17) is 16.3 Å². The number of nitrogens with one attached hydrogen (secondary N) is 1. The summed E-state index contributed by atoms with van der Waals surface area (Å²) < 4.78 is 18.9. The molecule has 7 nitrogen and oxygen atoms in total. The summed E-state index contributed by atoms with van der Waals surface area (Å²) in [4.78, 5) is 28.8. The molecule has 1 fully saturated rings. The number of carbonyl (C=O) groups is 1. The lowest BCUT2D eigenvalue weighted by Crippen LogP contribution is -2.35. The number of nitrogens with zero attached hydrogens (tertiary/aromatic N) is 2. The van der Waals surface area contributed by atoms with Crippen molar-refractivity contribution in [1.29, 1.82) is 0 Å². The molecular formula is C26H30ClN3O4S. The molecule has 9 heteroatoms. The third kappa shape index (κ3) is 6.79. The summed E-state index contributed by atoms with van der Waals surface area (Å²) in [5.74, 6) is 0.138. The van der Waals surface area contributed by atoms with Crippen LogP contribution in [0, 0.1) is 0 Å². The second-order valence-electron chi connectivity index (χ2n) is 8.75. The number of aryl methyl sites for hydroxylation is 1. The van der Waals surface area contributed by atoms with E-state index in [0.29, 0.717) is 48.9 Å². The van der Waals surface area contributed by atoms with Crippen LogP contribution in [0.3, 0.4) is 0 Å². The first-order valence-electron chi connectivity index (χ1n) is 11.7. The number of amides is 1. The van der Waals surface area contributed by atoms with Gasteiger partial charge in [0, 0.05) is 72.1 Å². The topological polar surface area (TPSA) is 80.6 Å². The van der Waals surface area contributed by atoms with E-state index < -0.39 is 16.7 Å². The third-order valence-corrected chi connectivity index (χ3v) is 7.21. The van der Waals surface area contributed by atoms with Crippen LogP contribution >= 0.6 is 11.6 Å². The average molecular weight is 516 g/mol. The highest BCUT2D eigenvalue weighted by Crippen LogP contribution is 2.18. The molecular weight excluding hydrogens is 486 g/mol. The fraction of sp³-hybridized carbons (Fsp3) is 0.385. The van der Waals surface area contributed by atoms with Gasteiger partial charge in [0.1, 0.15) is 5.56 Å². The Morgan fingerprint density at radius 1 is 1.11 bits per heavy atom. The van der Waals surface area contributed by atoms with Crippen LogP contribution in [-0.4, -0.2) is 57.9 Å². The maximum atomic E-state index is 13.4. The molecule has 1 amide bonds. The Labute approximate surface area is 212 Å². The highest BCUT2D eigenvalue weighted by atomic mass is 35.5. The largest absolute Gasteiger partial charge is 0.379 e. The maximum Gasteiger partial charge on any atom is 0.257 e. The Kier molecular flexibility index (Phi) is 8.73. The molecule has 1 aliphatic heterocycles. The minimum atomic E-state index is -0.905. The summed E-state index contributed by atoms with van der Waals surface area (Å²) in [7, 11) is -0.905. The van der Waals surface area contributed by atoms with Crippen molar-refractivity contribution in [3.8, 4) is 0 Å². The lowest BCUT2D eigenvalue weighted by molar-refractivity contribution is 0.0342. The Balaban J connectivity index is 1.63. The SMILES string of the molecule is CS(=O)CCCn1cc(C(=O)NCc2ccc(Cl)cc2)c(=O)c2cc(CN3CCOCC3)ccc21. The van der Waals surface area contributed by atoms with Gasteiger partial charge in [0.05, 0.1) is 18.7 Å². The van der Waals surface area contributed by atoms with Gasteiger partial charge in [-0.1, -0.05) is 29.8 Å². The molecule has 35 heavy (non-hydrogen) atoms. The van der Waals surface area contributed by atoms with Crippen molar-refractivity contribution >= 4 is 39.2 Å². The lowest BCUT2D eigenvalue weighted by Gasteiger charge is -2.26. The Bertz CT molecular complexity index is 1270. The van der Waals surface area contributed by atoms with Gasteiger partial charge < -0.3 is 14.6 Å². The quantitative estimate of drug-likeness (QED) is 0.473. The van der Waals surface area contributed by atoms with E-state index >= 15 is 0 Å². The van der Waals surface area contributed by atoms with Crippen LogP contribution in [-0.2, 0) is 35.2 Å². The van der Waals surface area contributed by atoms with Crippen molar-refractivity contribution in [2.45, 2.75) is 26.1 Å². The molecule has 0 bridgehead atoms. The summed E-state index contributed by atoms with van der Waals surface area (Å²) in [5.41, 5.74) is 2.51. The van der Waals surface area contributed by atoms with Crippen molar-refractivity contribution in [1.82, 2.24) is 14.8 Å². The van der Waals surface area contributed by atoms with Gasteiger partial charge in [-0.2, -0.15) is 0 Å². The van der Waals surface area contributed by atoms with Crippen LogP contribution in [0.2, 0.25) is 5.02 Å². The van der Waals surface area contributed by atoms with Crippen LogP contribution in [0.1, 0.15) is 27.9 Å². The number of morpholine rings is 1. The Morgan fingerprint density at radius 3 is 2.54 bits per heavy atom. The van der Waals surface area contributed by atoms with E-state index in [2.05, 4.69) is 10.2 Å². The lowest BCUT2D eigenvalue weighted by atomic mass is 10.1. The first-order chi connectivity index (χ1) is 16.9. The minimum absolute atomic E-state index is 0.104. The smallest absolute Gasteiger partial charge is 0.257 e. The minimum Gasteiger partial charge on any atom is -0.379 e. The van der Waals surface area contributed by atoms with Gasteiger partial charge in [0.15, 0.2) is 0 Å². The zero-order valence-corrected chi connectivity index (χ0v) is 21.4. The number of rotatable bonds is 9. The molecule has 1 unspecified atom stereocenters. The number of pyridine rings is 1. The second kappa shape index (κ2) is 11.9. The molecule has 3 aromatic rings. The Morgan fingerprint density at radius 2 is 1.83 bits per heavy atom. The van der Waals surface area contributed by atoms with E-state index in [1.54, 1.807) is 24.6 Å². The van der Waals surface area contributed by atoms with Crippen LogP contribution in [0.4, 0.5) is 0 Å². The molecule has 0 spiro atoms. The van der Waals surface area contributed by atoms with Gasteiger partial charge in [0.2, 0.25) is 5.43 Å². The summed E-state index contributed by atoms with van der Waals surface area (Å²) in [6, 6.07) is 13.1. The molecule has 0 aliphatic carbocycles. The average Bonchev–Trinajstić information content (AvgIpc) is 2.85. The molecule has 0 saturated carbocycles. The number of fused-ring (bicyclic) bond motifs is 1. The number of carbonyl (C=O) groups excluding carboxylic acids is 1. The summed E-state index contributed by atoms with van der Waals surface area (Å²) in [6.07, 6.45) is 3.99. The van der Waals surface area contributed by atoms with Crippen LogP contribution in [0.5, 0.6) is 0 Å². The fourth-order valence-corrected chi connectivity index (χ4v) is 4.89. The zero-order chi connectivity index (χ0) is 24.8. The number of halogens is 1. The zero-order valence-electron chi connectivity index (χ0n) is 19.8. The highest BCUT2D eigenvalue weighted by Gasteiger charge is 2.17. The predicted octanol–water partition coefficient (Wildman–Crippen LogP) is 3.19.